The summed E-state index contributed by atoms with van der Waals surface area (Å²) < 4.78 is 25.1. The summed E-state index contributed by atoms with van der Waals surface area (Å²) in [5, 5.41) is 19.2. The molecule has 0 radical (unpaired) electrons. The molecule has 4 aromatic rings. The Kier molecular flexibility index (Phi) is 14.2. The van der Waals surface area contributed by atoms with E-state index in [1.54, 1.807) is 0 Å². The number of benzene rings is 4. The van der Waals surface area contributed by atoms with Gasteiger partial charge in [0, 0.05) is 10.8 Å². The molecule has 4 aromatic carbocycles. The van der Waals surface area contributed by atoms with Gasteiger partial charge in [-0.2, -0.15) is 0 Å². The highest BCUT2D eigenvalue weighted by Gasteiger charge is 2.61. The highest BCUT2D eigenvalue weighted by molar-refractivity contribution is 5.78. The van der Waals surface area contributed by atoms with Crippen molar-refractivity contribution in [3.05, 3.63) is 117 Å². The monoisotopic (exact) mass is 953 g/mol. The molecular formula is C62H80O8. The number of fused-ring (bicyclic) bond motifs is 4. The van der Waals surface area contributed by atoms with E-state index in [0.717, 1.165) is 98.7 Å². The molecule has 2 spiro atoms. The van der Waals surface area contributed by atoms with Crippen LogP contribution in [-0.2, 0) is 46.5 Å². The molecular weight excluding hydrogens is 873 g/mol. The van der Waals surface area contributed by atoms with Gasteiger partial charge in [0.1, 0.15) is 36.2 Å². The third-order valence-corrected chi connectivity index (χ3v) is 17.5. The number of hydrogen-bond acceptors (Lipinski definition) is 6. The quantitative estimate of drug-likeness (QED) is 0.114. The molecule has 4 fully saturated rings. The van der Waals surface area contributed by atoms with E-state index in [1.165, 1.54) is 71.9 Å². The van der Waals surface area contributed by atoms with E-state index in [1.807, 2.05) is 0 Å². The zero-order valence-electron chi connectivity index (χ0n) is 43.5. The van der Waals surface area contributed by atoms with E-state index in [-0.39, 0.29) is 33.5 Å². The summed E-state index contributed by atoms with van der Waals surface area (Å²) >= 11 is 0. The number of aryl methyl sites for hydroxylation is 2. The fourth-order valence-corrected chi connectivity index (χ4v) is 13.4. The van der Waals surface area contributed by atoms with E-state index in [9.17, 15) is 19.8 Å². The van der Waals surface area contributed by atoms with E-state index < -0.39 is 11.9 Å². The minimum Gasteiger partial charge on any atom is -0.493 e. The van der Waals surface area contributed by atoms with Crippen molar-refractivity contribution in [3.8, 4) is 23.0 Å². The van der Waals surface area contributed by atoms with Crippen molar-refractivity contribution in [1.82, 2.24) is 0 Å². The van der Waals surface area contributed by atoms with Crippen LogP contribution in [0.4, 0.5) is 0 Å². The number of carboxylic acid groups (broad SMARTS) is 2. The van der Waals surface area contributed by atoms with Crippen LogP contribution in [0.2, 0.25) is 0 Å². The van der Waals surface area contributed by atoms with Crippen LogP contribution in [0.3, 0.4) is 0 Å². The summed E-state index contributed by atoms with van der Waals surface area (Å²) in [4.78, 5) is 23.4. The van der Waals surface area contributed by atoms with E-state index >= 15 is 0 Å². The standard InChI is InChI=1S/2C31H40O4/c2*1-20(2)18-35-28-12-9-21(15-24(28)25-8-6-13-30(25,3)4)19-34-23-11-10-22-7-5-14-31(26(22)16-23)17-27(31)29(32)33/h2*9-12,15-16,20,25,27H,5-8,13-14,17-19H2,1-4H3,(H,32,33)/t25-,27+,31+;25-,27-,31-/m00/s1. The third kappa shape index (κ3) is 10.4. The summed E-state index contributed by atoms with van der Waals surface area (Å²) in [6, 6.07) is 25.8. The Hall–Kier alpha value is -4.98. The van der Waals surface area contributed by atoms with Crippen molar-refractivity contribution in [3.63, 3.8) is 0 Å². The maximum atomic E-state index is 11.7. The fraction of sp³-hybridized carbons (Fsp3) is 0.581. The van der Waals surface area contributed by atoms with Crippen LogP contribution in [0.5, 0.6) is 23.0 Å². The van der Waals surface area contributed by atoms with Gasteiger partial charge < -0.3 is 29.2 Å². The fourth-order valence-electron chi connectivity index (χ4n) is 13.4. The zero-order valence-corrected chi connectivity index (χ0v) is 43.5. The SMILES string of the molecule is CC(C)COc1ccc(COc2ccc3c(c2)[C@@]2(CCC3)C[C@@H]2C(=O)O)cc1[C@@H]1CCCC1(C)C.CC(C)COc1ccc(COc2ccc3c(c2)[C@]2(CCC3)C[C@H]2C(=O)O)cc1[C@@H]1CCCC1(C)C. The average Bonchev–Trinajstić information content (AvgIpc) is 4.16. The normalized spacial score (nSPS) is 26.5. The Bertz CT molecular complexity index is 2380. The number of ether oxygens (including phenoxy) is 4. The van der Waals surface area contributed by atoms with E-state index in [4.69, 9.17) is 18.9 Å². The van der Waals surface area contributed by atoms with Crippen LogP contribution in [-0.4, -0.2) is 35.4 Å². The molecule has 0 aromatic heterocycles. The van der Waals surface area contributed by atoms with Crippen molar-refractivity contribution >= 4 is 11.9 Å². The molecule has 10 rings (SSSR count). The lowest BCUT2D eigenvalue weighted by Gasteiger charge is -2.29. The van der Waals surface area contributed by atoms with Crippen LogP contribution in [0, 0.1) is 34.5 Å². The summed E-state index contributed by atoms with van der Waals surface area (Å²) in [5.74, 6) is 3.87. The van der Waals surface area contributed by atoms with Gasteiger partial charge in [-0.1, -0.05) is 92.5 Å². The molecule has 8 nitrogen and oxygen atoms in total. The van der Waals surface area contributed by atoms with Gasteiger partial charge in [-0.05, 0) is 205 Å². The first-order valence-electron chi connectivity index (χ1n) is 26.9. The van der Waals surface area contributed by atoms with Crippen LogP contribution < -0.4 is 18.9 Å². The van der Waals surface area contributed by atoms with Crippen LogP contribution in [0.15, 0.2) is 72.8 Å². The van der Waals surface area contributed by atoms with Crippen molar-refractivity contribution in [2.75, 3.05) is 13.2 Å². The number of hydrogen-bond donors (Lipinski definition) is 2. The lowest BCUT2D eigenvalue weighted by Crippen LogP contribution is -2.21. The highest BCUT2D eigenvalue weighted by Crippen LogP contribution is 2.62. The topological polar surface area (TPSA) is 112 Å². The van der Waals surface area contributed by atoms with Gasteiger partial charge >= 0.3 is 11.9 Å². The average molecular weight is 953 g/mol. The molecule has 0 unspecified atom stereocenters. The molecule has 0 aliphatic heterocycles. The third-order valence-electron chi connectivity index (χ3n) is 17.5. The Morgan fingerprint density at radius 2 is 0.957 bits per heavy atom. The van der Waals surface area contributed by atoms with Crippen molar-refractivity contribution in [2.45, 2.75) is 181 Å². The molecule has 0 saturated heterocycles. The van der Waals surface area contributed by atoms with Gasteiger partial charge in [0.05, 0.1) is 25.0 Å². The van der Waals surface area contributed by atoms with Gasteiger partial charge in [-0.3, -0.25) is 9.59 Å². The Labute approximate surface area is 418 Å². The molecule has 6 aliphatic rings. The van der Waals surface area contributed by atoms with Crippen LogP contribution in [0.1, 0.15) is 189 Å². The predicted molar refractivity (Wildman–Crippen MR) is 277 cm³/mol. The lowest BCUT2D eigenvalue weighted by molar-refractivity contribution is -0.140. The summed E-state index contributed by atoms with van der Waals surface area (Å²) in [6.07, 6.45) is 15.1. The summed E-state index contributed by atoms with van der Waals surface area (Å²) in [5.41, 5.74) is 10.2. The van der Waals surface area contributed by atoms with Crippen molar-refractivity contribution in [1.29, 1.82) is 0 Å². The number of carboxylic acids is 2. The molecule has 2 N–H and O–H groups in total. The molecule has 70 heavy (non-hydrogen) atoms. The largest absolute Gasteiger partial charge is 0.493 e. The van der Waals surface area contributed by atoms with Crippen LogP contribution >= 0.6 is 0 Å². The number of carbonyl (C=O) groups is 2. The minimum atomic E-state index is -0.661. The molecule has 6 atom stereocenters. The Morgan fingerprint density at radius 1 is 0.543 bits per heavy atom. The maximum absolute atomic E-state index is 11.7. The second kappa shape index (κ2) is 19.9. The van der Waals surface area contributed by atoms with E-state index in [2.05, 4.69) is 128 Å². The van der Waals surface area contributed by atoms with Gasteiger partial charge in [0.2, 0.25) is 0 Å². The molecule has 8 heteroatoms. The minimum absolute atomic E-state index is 0.171. The molecule has 376 valence electrons. The highest BCUT2D eigenvalue weighted by atomic mass is 16.5. The molecule has 0 amide bonds. The molecule has 6 aliphatic carbocycles. The number of aliphatic carboxylic acids is 2. The molecule has 4 saturated carbocycles. The second-order valence-corrected chi connectivity index (χ2v) is 24.4. The molecule has 0 heterocycles. The smallest absolute Gasteiger partial charge is 0.307 e. The van der Waals surface area contributed by atoms with Crippen molar-refractivity contribution < 1.29 is 38.7 Å². The maximum Gasteiger partial charge on any atom is 0.307 e. The predicted octanol–water partition coefficient (Wildman–Crippen LogP) is 14.5. The summed E-state index contributed by atoms with van der Waals surface area (Å²) in [7, 11) is 0. The number of rotatable bonds is 16. The van der Waals surface area contributed by atoms with Gasteiger partial charge in [-0.15, -0.1) is 0 Å². The Morgan fingerprint density at radius 3 is 1.30 bits per heavy atom. The molecule has 0 bridgehead atoms. The van der Waals surface area contributed by atoms with Gasteiger partial charge in [-0.25, -0.2) is 0 Å². The Balaban J connectivity index is 0.000000174. The van der Waals surface area contributed by atoms with Gasteiger partial charge in [0.15, 0.2) is 0 Å². The first kappa shape index (κ1) is 50.0. The summed E-state index contributed by atoms with van der Waals surface area (Å²) in [6.45, 7) is 20.7. The van der Waals surface area contributed by atoms with Crippen LogP contribution in [0.25, 0.3) is 0 Å². The van der Waals surface area contributed by atoms with Crippen molar-refractivity contribution in [2.24, 2.45) is 34.5 Å². The first-order valence-corrected chi connectivity index (χ1v) is 26.9. The second-order valence-electron chi connectivity index (χ2n) is 24.4. The lowest BCUT2D eigenvalue weighted by atomic mass is 9.77. The van der Waals surface area contributed by atoms with Gasteiger partial charge in [0.25, 0.3) is 0 Å². The zero-order chi connectivity index (χ0) is 49.6. The first-order chi connectivity index (χ1) is 33.4. The van der Waals surface area contributed by atoms with E-state index in [0.29, 0.717) is 36.9 Å².